The van der Waals surface area contributed by atoms with Crippen LogP contribution in [0.4, 0.5) is 0 Å². The molecule has 0 saturated carbocycles. The van der Waals surface area contributed by atoms with Gasteiger partial charge in [0.05, 0.1) is 31.8 Å². The number of rotatable bonds is 25. The van der Waals surface area contributed by atoms with Gasteiger partial charge in [-0.3, -0.25) is 0 Å². The van der Waals surface area contributed by atoms with Crippen molar-refractivity contribution in [3.05, 3.63) is 0 Å². The molecule has 0 aromatic heterocycles. The standard InChI is InChI=1S/C26H54O4/c1-4-7-10-13-16-19-28-23-26(22-27,24-29-20-17-14-11-8-5-2)25-30-21-18-15-12-9-6-3/h27H,4-25H2,1-3H3. The number of hydrogen-bond acceptors (Lipinski definition) is 4. The van der Waals surface area contributed by atoms with Gasteiger partial charge < -0.3 is 19.3 Å². The molecule has 0 atom stereocenters. The van der Waals surface area contributed by atoms with E-state index >= 15 is 0 Å². The van der Waals surface area contributed by atoms with E-state index in [4.69, 9.17) is 14.2 Å². The lowest BCUT2D eigenvalue weighted by Gasteiger charge is -2.31. The third-order valence-corrected chi connectivity index (χ3v) is 5.74. The van der Waals surface area contributed by atoms with Crippen LogP contribution >= 0.6 is 0 Å². The lowest BCUT2D eigenvalue weighted by molar-refractivity contribution is -0.0937. The maximum Gasteiger partial charge on any atom is 0.0635 e. The molecular weight excluding hydrogens is 376 g/mol. The van der Waals surface area contributed by atoms with Crippen LogP contribution in [0.3, 0.4) is 0 Å². The lowest BCUT2D eigenvalue weighted by atomic mass is 9.92. The number of aliphatic hydroxyl groups excluding tert-OH is 1. The van der Waals surface area contributed by atoms with Crippen molar-refractivity contribution in [3.63, 3.8) is 0 Å². The summed E-state index contributed by atoms with van der Waals surface area (Å²) in [7, 11) is 0. The summed E-state index contributed by atoms with van der Waals surface area (Å²) in [4.78, 5) is 0. The van der Waals surface area contributed by atoms with Gasteiger partial charge in [-0.25, -0.2) is 0 Å². The topological polar surface area (TPSA) is 47.9 Å². The molecule has 0 amide bonds. The molecule has 0 spiro atoms. The smallest absolute Gasteiger partial charge is 0.0635 e. The van der Waals surface area contributed by atoms with Crippen LogP contribution in [0.5, 0.6) is 0 Å². The zero-order chi connectivity index (χ0) is 22.2. The molecule has 182 valence electrons. The molecule has 4 nitrogen and oxygen atoms in total. The highest BCUT2D eigenvalue weighted by Crippen LogP contribution is 2.20. The Morgan fingerprint density at radius 3 is 1.03 bits per heavy atom. The van der Waals surface area contributed by atoms with E-state index in [-0.39, 0.29) is 6.61 Å². The van der Waals surface area contributed by atoms with Gasteiger partial charge in [0.15, 0.2) is 0 Å². The van der Waals surface area contributed by atoms with Gasteiger partial charge in [-0.15, -0.1) is 0 Å². The van der Waals surface area contributed by atoms with Gasteiger partial charge >= 0.3 is 0 Å². The average Bonchev–Trinajstić information content (AvgIpc) is 2.76. The fraction of sp³-hybridized carbons (Fsp3) is 1.00. The molecule has 1 N–H and O–H groups in total. The van der Waals surface area contributed by atoms with Gasteiger partial charge in [-0.2, -0.15) is 0 Å². The van der Waals surface area contributed by atoms with Crippen molar-refractivity contribution in [2.45, 2.75) is 117 Å². The highest BCUT2D eigenvalue weighted by molar-refractivity contribution is 4.78. The molecule has 0 heterocycles. The van der Waals surface area contributed by atoms with Crippen LogP contribution in [0.2, 0.25) is 0 Å². The Morgan fingerprint density at radius 2 is 0.767 bits per heavy atom. The fourth-order valence-corrected chi connectivity index (χ4v) is 3.55. The Labute approximate surface area is 188 Å². The van der Waals surface area contributed by atoms with E-state index in [1.54, 1.807) is 0 Å². The first-order valence-corrected chi connectivity index (χ1v) is 13.1. The van der Waals surface area contributed by atoms with Gasteiger partial charge in [-0.05, 0) is 19.3 Å². The molecule has 30 heavy (non-hydrogen) atoms. The molecule has 0 aromatic rings. The van der Waals surface area contributed by atoms with Gasteiger partial charge in [0.2, 0.25) is 0 Å². The number of unbranched alkanes of at least 4 members (excludes halogenated alkanes) is 12. The van der Waals surface area contributed by atoms with E-state index in [1.807, 2.05) is 0 Å². The van der Waals surface area contributed by atoms with Crippen LogP contribution < -0.4 is 0 Å². The highest BCUT2D eigenvalue weighted by atomic mass is 16.5. The van der Waals surface area contributed by atoms with Crippen molar-refractivity contribution in [1.29, 1.82) is 0 Å². The molecule has 0 aliphatic heterocycles. The Balaban J connectivity index is 4.23. The number of ether oxygens (including phenoxy) is 3. The monoisotopic (exact) mass is 430 g/mol. The molecule has 0 bridgehead atoms. The van der Waals surface area contributed by atoms with Gasteiger partial charge in [0, 0.05) is 19.8 Å². The molecule has 0 radical (unpaired) electrons. The van der Waals surface area contributed by atoms with Crippen LogP contribution in [0.15, 0.2) is 0 Å². The Morgan fingerprint density at radius 1 is 0.467 bits per heavy atom. The van der Waals surface area contributed by atoms with Crippen molar-refractivity contribution in [3.8, 4) is 0 Å². The fourth-order valence-electron chi connectivity index (χ4n) is 3.55. The third kappa shape index (κ3) is 18.6. The van der Waals surface area contributed by atoms with Gasteiger partial charge in [0.25, 0.3) is 0 Å². The zero-order valence-electron chi connectivity index (χ0n) is 20.7. The number of hydrogen-bond donors (Lipinski definition) is 1. The zero-order valence-corrected chi connectivity index (χ0v) is 20.7. The van der Waals surface area contributed by atoms with Crippen molar-refractivity contribution in [1.82, 2.24) is 0 Å². The Kier molecular flexibility index (Phi) is 23.4. The molecule has 4 heteroatoms. The summed E-state index contributed by atoms with van der Waals surface area (Å²) in [6.45, 7) is 10.6. The van der Waals surface area contributed by atoms with E-state index in [0.29, 0.717) is 19.8 Å². The average molecular weight is 431 g/mol. The first kappa shape index (κ1) is 29.8. The molecule has 0 fully saturated rings. The molecule has 0 aromatic carbocycles. The molecule has 0 aliphatic rings. The maximum absolute atomic E-state index is 10.2. The van der Waals surface area contributed by atoms with Crippen LogP contribution in [0.25, 0.3) is 0 Å². The molecule has 0 saturated heterocycles. The van der Waals surface area contributed by atoms with Crippen molar-refractivity contribution in [2.75, 3.05) is 46.2 Å². The van der Waals surface area contributed by atoms with Crippen molar-refractivity contribution in [2.24, 2.45) is 5.41 Å². The summed E-state index contributed by atoms with van der Waals surface area (Å²) in [5.74, 6) is 0. The summed E-state index contributed by atoms with van der Waals surface area (Å²) in [6.07, 6.45) is 18.5. The van der Waals surface area contributed by atoms with E-state index in [2.05, 4.69) is 20.8 Å². The summed E-state index contributed by atoms with van der Waals surface area (Å²) in [5, 5.41) is 10.2. The van der Waals surface area contributed by atoms with Gasteiger partial charge in [0.1, 0.15) is 0 Å². The van der Waals surface area contributed by atoms with E-state index in [0.717, 1.165) is 39.1 Å². The van der Waals surface area contributed by atoms with E-state index in [1.165, 1.54) is 77.0 Å². The first-order chi connectivity index (χ1) is 14.7. The largest absolute Gasteiger partial charge is 0.396 e. The second kappa shape index (κ2) is 23.5. The van der Waals surface area contributed by atoms with Gasteiger partial charge in [-0.1, -0.05) is 97.8 Å². The van der Waals surface area contributed by atoms with Crippen LogP contribution in [0.1, 0.15) is 117 Å². The van der Waals surface area contributed by atoms with E-state index < -0.39 is 5.41 Å². The molecule has 0 aliphatic carbocycles. The molecular formula is C26H54O4. The van der Waals surface area contributed by atoms with Crippen molar-refractivity contribution < 1.29 is 19.3 Å². The SMILES string of the molecule is CCCCCCCOCC(CO)(COCCCCCCC)COCCCCCCC. The maximum atomic E-state index is 10.2. The lowest BCUT2D eigenvalue weighted by Crippen LogP contribution is -2.41. The minimum Gasteiger partial charge on any atom is -0.396 e. The number of aliphatic hydroxyl groups is 1. The van der Waals surface area contributed by atoms with Crippen molar-refractivity contribution >= 4 is 0 Å². The minimum absolute atomic E-state index is 0.0501. The third-order valence-electron chi connectivity index (χ3n) is 5.74. The van der Waals surface area contributed by atoms with Crippen LogP contribution in [-0.2, 0) is 14.2 Å². The predicted octanol–water partition coefficient (Wildman–Crippen LogP) is 6.93. The highest BCUT2D eigenvalue weighted by Gasteiger charge is 2.31. The summed E-state index contributed by atoms with van der Waals surface area (Å²) in [6, 6.07) is 0. The summed E-state index contributed by atoms with van der Waals surface area (Å²) >= 11 is 0. The summed E-state index contributed by atoms with van der Waals surface area (Å²) in [5.41, 5.74) is -0.434. The van der Waals surface area contributed by atoms with Crippen LogP contribution in [0, 0.1) is 5.41 Å². The first-order valence-electron chi connectivity index (χ1n) is 13.1. The second-order valence-corrected chi connectivity index (χ2v) is 9.06. The molecule has 0 rings (SSSR count). The Hall–Kier alpha value is -0.160. The second-order valence-electron chi connectivity index (χ2n) is 9.06. The quantitative estimate of drug-likeness (QED) is 0.160. The summed E-state index contributed by atoms with van der Waals surface area (Å²) < 4.78 is 17.9. The minimum atomic E-state index is -0.434. The molecule has 0 unspecified atom stereocenters. The predicted molar refractivity (Wildman–Crippen MR) is 128 cm³/mol. The van der Waals surface area contributed by atoms with E-state index in [9.17, 15) is 5.11 Å². The Bertz CT molecular complexity index is 277. The normalized spacial score (nSPS) is 12.0. The van der Waals surface area contributed by atoms with Crippen LogP contribution in [-0.4, -0.2) is 51.4 Å².